The third-order valence-corrected chi connectivity index (χ3v) is 4.38. The number of rotatable bonds is 6. The van der Waals surface area contributed by atoms with Crippen molar-refractivity contribution in [3.8, 4) is 0 Å². The van der Waals surface area contributed by atoms with Crippen molar-refractivity contribution >= 4 is 21.6 Å². The van der Waals surface area contributed by atoms with Crippen molar-refractivity contribution in [2.75, 3.05) is 31.2 Å². The number of anilines is 1. The SMILES string of the molecule is CCn1ncc(CNCc2ccc(Br)cc2N2CCOCC2)n1. The molecule has 0 aliphatic carbocycles. The minimum Gasteiger partial charge on any atom is -0.378 e. The first-order valence-corrected chi connectivity index (χ1v) is 8.76. The molecular formula is C16H22BrN5O. The van der Waals surface area contributed by atoms with Gasteiger partial charge in [0.15, 0.2) is 0 Å². The summed E-state index contributed by atoms with van der Waals surface area (Å²) in [6.07, 6.45) is 1.82. The number of ether oxygens (including phenoxy) is 1. The Labute approximate surface area is 144 Å². The van der Waals surface area contributed by atoms with E-state index in [9.17, 15) is 0 Å². The van der Waals surface area contributed by atoms with Crippen molar-refractivity contribution in [2.45, 2.75) is 26.6 Å². The average molecular weight is 380 g/mol. The van der Waals surface area contributed by atoms with Gasteiger partial charge in [0.05, 0.1) is 31.6 Å². The van der Waals surface area contributed by atoms with Crippen LogP contribution in [0.5, 0.6) is 0 Å². The van der Waals surface area contributed by atoms with Gasteiger partial charge in [-0.1, -0.05) is 22.0 Å². The molecule has 23 heavy (non-hydrogen) atoms. The van der Waals surface area contributed by atoms with E-state index in [1.807, 2.05) is 13.1 Å². The Morgan fingerprint density at radius 3 is 2.83 bits per heavy atom. The van der Waals surface area contributed by atoms with Crippen LogP contribution in [0.1, 0.15) is 18.2 Å². The van der Waals surface area contributed by atoms with Crippen LogP contribution in [0.15, 0.2) is 28.9 Å². The van der Waals surface area contributed by atoms with E-state index in [0.29, 0.717) is 0 Å². The molecule has 1 fully saturated rings. The fraction of sp³-hybridized carbons (Fsp3) is 0.500. The lowest BCUT2D eigenvalue weighted by atomic mass is 10.1. The summed E-state index contributed by atoms with van der Waals surface area (Å²) in [5, 5.41) is 12.1. The van der Waals surface area contributed by atoms with Gasteiger partial charge in [-0.3, -0.25) is 0 Å². The molecule has 1 aliphatic rings. The molecule has 0 amide bonds. The van der Waals surface area contributed by atoms with Gasteiger partial charge >= 0.3 is 0 Å². The maximum Gasteiger partial charge on any atom is 0.0965 e. The number of nitrogens with one attached hydrogen (secondary N) is 1. The molecule has 0 saturated carbocycles. The topological polar surface area (TPSA) is 55.2 Å². The molecular weight excluding hydrogens is 358 g/mol. The third-order valence-electron chi connectivity index (χ3n) is 3.89. The van der Waals surface area contributed by atoms with Gasteiger partial charge in [0.1, 0.15) is 0 Å². The van der Waals surface area contributed by atoms with Gasteiger partial charge in [-0.25, -0.2) is 0 Å². The van der Waals surface area contributed by atoms with E-state index in [0.717, 1.165) is 56.1 Å². The second-order valence-corrected chi connectivity index (χ2v) is 6.42. The summed E-state index contributed by atoms with van der Waals surface area (Å²) in [4.78, 5) is 4.09. The van der Waals surface area contributed by atoms with Crippen LogP contribution >= 0.6 is 15.9 Å². The van der Waals surface area contributed by atoms with Crippen LogP contribution < -0.4 is 10.2 Å². The van der Waals surface area contributed by atoms with Crippen LogP contribution in [0.3, 0.4) is 0 Å². The zero-order valence-corrected chi connectivity index (χ0v) is 14.9. The largest absolute Gasteiger partial charge is 0.378 e. The predicted octanol–water partition coefficient (Wildman–Crippen LogP) is 2.19. The van der Waals surface area contributed by atoms with Gasteiger partial charge in [0.25, 0.3) is 0 Å². The number of benzene rings is 1. The smallest absolute Gasteiger partial charge is 0.0965 e. The van der Waals surface area contributed by atoms with E-state index in [4.69, 9.17) is 4.74 Å². The summed E-state index contributed by atoms with van der Waals surface area (Å²) in [5.41, 5.74) is 3.53. The van der Waals surface area contributed by atoms with Crippen LogP contribution in [0.25, 0.3) is 0 Å². The van der Waals surface area contributed by atoms with Gasteiger partial charge < -0.3 is 15.0 Å². The monoisotopic (exact) mass is 379 g/mol. The maximum atomic E-state index is 5.46. The minimum absolute atomic E-state index is 0.721. The van der Waals surface area contributed by atoms with Gasteiger partial charge in [-0.15, -0.1) is 0 Å². The summed E-state index contributed by atoms with van der Waals surface area (Å²) < 4.78 is 6.56. The first kappa shape index (κ1) is 16.4. The van der Waals surface area contributed by atoms with Gasteiger partial charge in [-0.2, -0.15) is 15.0 Å². The van der Waals surface area contributed by atoms with Crippen molar-refractivity contribution in [3.63, 3.8) is 0 Å². The highest BCUT2D eigenvalue weighted by molar-refractivity contribution is 9.10. The van der Waals surface area contributed by atoms with Crippen LogP contribution in [-0.4, -0.2) is 41.3 Å². The molecule has 1 aromatic carbocycles. The first-order valence-electron chi connectivity index (χ1n) is 7.97. The predicted molar refractivity (Wildman–Crippen MR) is 93.4 cm³/mol. The Morgan fingerprint density at radius 1 is 1.26 bits per heavy atom. The van der Waals surface area contributed by atoms with Crippen molar-refractivity contribution in [2.24, 2.45) is 0 Å². The number of aromatic nitrogens is 3. The molecule has 1 aromatic heterocycles. The highest BCUT2D eigenvalue weighted by Gasteiger charge is 2.15. The molecule has 124 valence electrons. The molecule has 0 spiro atoms. The molecule has 2 aromatic rings. The molecule has 3 rings (SSSR count). The molecule has 0 unspecified atom stereocenters. The van der Waals surface area contributed by atoms with Crippen molar-refractivity contribution < 1.29 is 4.74 Å². The van der Waals surface area contributed by atoms with Crippen LogP contribution in [-0.2, 0) is 24.4 Å². The molecule has 1 saturated heterocycles. The average Bonchev–Trinajstić information content (AvgIpc) is 3.05. The number of hydrogen-bond donors (Lipinski definition) is 1. The lowest BCUT2D eigenvalue weighted by Gasteiger charge is -2.31. The Bertz CT molecular complexity index is 639. The molecule has 0 atom stereocenters. The standard InChI is InChI=1S/C16H22BrN5O/c1-2-22-19-12-15(20-22)11-18-10-13-3-4-14(17)9-16(13)21-5-7-23-8-6-21/h3-4,9,12,18H,2,5-8,10-11H2,1H3. The quantitative estimate of drug-likeness (QED) is 0.833. The highest BCUT2D eigenvalue weighted by Crippen LogP contribution is 2.26. The second-order valence-electron chi connectivity index (χ2n) is 5.50. The maximum absolute atomic E-state index is 5.46. The van der Waals surface area contributed by atoms with Gasteiger partial charge in [-0.05, 0) is 24.6 Å². The summed E-state index contributed by atoms with van der Waals surface area (Å²) in [5.74, 6) is 0. The van der Waals surface area contributed by atoms with E-state index in [-0.39, 0.29) is 0 Å². The fourth-order valence-corrected chi connectivity index (χ4v) is 3.03. The lowest BCUT2D eigenvalue weighted by molar-refractivity contribution is 0.122. The van der Waals surface area contributed by atoms with Crippen LogP contribution in [0.2, 0.25) is 0 Å². The molecule has 0 bridgehead atoms. The lowest BCUT2D eigenvalue weighted by Crippen LogP contribution is -2.37. The zero-order chi connectivity index (χ0) is 16.1. The Hall–Kier alpha value is -1.44. The number of hydrogen-bond acceptors (Lipinski definition) is 5. The van der Waals surface area contributed by atoms with E-state index in [2.05, 4.69) is 54.5 Å². The minimum atomic E-state index is 0.721. The van der Waals surface area contributed by atoms with E-state index >= 15 is 0 Å². The Balaban J connectivity index is 1.64. The highest BCUT2D eigenvalue weighted by atomic mass is 79.9. The molecule has 1 aliphatic heterocycles. The number of morpholine rings is 1. The number of nitrogens with zero attached hydrogens (tertiary/aromatic N) is 4. The normalized spacial score (nSPS) is 15.1. The van der Waals surface area contributed by atoms with Crippen molar-refractivity contribution in [3.05, 3.63) is 40.1 Å². The van der Waals surface area contributed by atoms with Crippen molar-refractivity contribution in [1.29, 1.82) is 0 Å². The molecule has 7 heteroatoms. The van der Waals surface area contributed by atoms with E-state index in [1.54, 1.807) is 4.80 Å². The molecule has 2 heterocycles. The Kier molecular flexibility index (Phi) is 5.64. The molecule has 1 N–H and O–H groups in total. The first-order chi connectivity index (χ1) is 11.3. The summed E-state index contributed by atoms with van der Waals surface area (Å²) in [7, 11) is 0. The fourth-order valence-electron chi connectivity index (χ4n) is 2.68. The van der Waals surface area contributed by atoms with Gasteiger partial charge in [0.2, 0.25) is 0 Å². The summed E-state index contributed by atoms with van der Waals surface area (Å²) in [6.45, 7) is 7.82. The van der Waals surface area contributed by atoms with E-state index in [1.165, 1.54) is 11.3 Å². The van der Waals surface area contributed by atoms with Gasteiger partial charge in [0, 0.05) is 36.3 Å². The summed E-state index contributed by atoms with van der Waals surface area (Å²) in [6, 6.07) is 6.45. The second kappa shape index (κ2) is 7.90. The number of halogens is 1. The molecule has 0 radical (unpaired) electrons. The molecule has 6 nitrogen and oxygen atoms in total. The number of aryl methyl sites for hydroxylation is 1. The zero-order valence-electron chi connectivity index (χ0n) is 13.3. The van der Waals surface area contributed by atoms with E-state index < -0.39 is 0 Å². The van der Waals surface area contributed by atoms with Crippen molar-refractivity contribution in [1.82, 2.24) is 20.3 Å². The van der Waals surface area contributed by atoms with Crippen LogP contribution in [0.4, 0.5) is 5.69 Å². The summed E-state index contributed by atoms with van der Waals surface area (Å²) >= 11 is 3.58. The third kappa shape index (κ3) is 4.31. The van der Waals surface area contributed by atoms with Crippen LogP contribution in [0, 0.1) is 0 Å². The Morgan fingerprint density at radius 2 is 2.09 bits per heavy atom.